The van der Waals surface area contributed by atoms with Gasteiger partial charge in [0, 0.05) is 25.0 Å². The molecule has 3 atom stereocenters. The summed E-state index contributed by atoms with van der Waals surface area (Å²) in [5.74, 6) is -0.680. The zero-order chi connectivity index (χ0) is 17.9. The molecular formula is C17H25FN2O3S. The number of carbonyl (C=O) groups excluding carboxylic acids is 1. The van der Waals surface area contributed by atoms with Crippen molar-refractivity contribution in [3.8, 4) is 0 Å². The van der Waals surface area contributed by atoms with Gasteiger partial charge in [0.05, 0.1) is 10.1 Å². The Morgan fingerprint density at radius 1 is 1.29 bits per heavy atom. The smallest absolute Gasteiger partial charge is 0.224 e. The van der Waals surface area contributed by atoms with Crippen molar-refractivity contribution in [1.29, 1.82) is 0 Å². The summed E-state index contributed by atoms with van der Waals surface area (Å²) in [7, 11) is -3.67. The quantitative estimate of drug-likeness (QED) is 0.820. The molecule has 0 spiro atoms. The van der Waals surface area contributed by atoms with Crippen LogP contribution in [0.25, 0.3) is 0 Å². The van der Waals surface area contributed by atoms with Gasteiger partial charge in [-0.05, 0) is 57.4 Å². The van der Waals surface area contributed by atoms with Crippen LogP contribution < -0.4 is 5.73 Å². The minimum Gasteiger partial charge on any atom is -0.338 e. The lowest BCUT2D eigenvalue weighted by atomic mass is 9.96. The van der Waals surface area contributed by atoms with Crippen LogP contribution in [0.3, 0.4) is 0 Å². The second-order valence-corrected chi connectivity index (χ2v) is 8.89. The first-order valence-electron chi connectivity index (χ1n) is 8.28. The number of likely N-dealkylation sites (tertiary alicyclic amines) is 1. The van der Waals surface area contributed by atoms with E-state index in [1.165, 1.54) is 19.1 Å². The standard InChI is InChI=1S/C17H25FN2O3S/c1-12(24(22,23)15-8-6-14(18)7-9-15)11-17(21)20-10-4-3-5-16(20)13(2)19/h6-9,12-13,16H,3-5,10-11,19H2,1-2H3. The Morgan fingerprint density at radius 3 is 2.50 bits per heavy atom. The van der Waals surface area contributed by atoms with E-state index in [0.717, 1.165) is 31.4 Å². The number of halogens is 1. The molecule has 1 aliphatic heterocycles. The van der Waals surface area contributed by atoms with Crippen LogP contribution in [0.4, 0.5) is 4.39 Å². The summed E-state index contributed by atoms with van der Waals surface area (Å²) in [4.78, 5) is 14.4. The van der Waals surface area contributed by atoms with Gasteiger partial charge in [-0.3, -0.25) is 4.79 Å². The molecule has 1 aromatic rings. The van der Waals surface area contributed by atoms with Crippen LogP contribution in [0.15, 0.2) is 29.2 Å². The van der Waals surface area contributed by atoms with Crippen LogP contribution in [0, 0.1) is 5.82 Å². The lowest BCUT2D eigenvalue weighted by Crippen LogP contribution is -2.52. The Labute approximate surface area is 142 Å². The number of carbonyl (C=O) groups is 1. The van der Waals surface area contributed by atoms with Crippen LogP contribution in [0.1, 0.15) is 39.5 Å². The van der Waals surface area contributed by atoms with Gasteiger partial charge in [-0.2, -0.15) is 0 Å². The van der Waals surface area contributed by atoms with Gasteiger partial charge in [0.1, 0.15) is 5.82 Å². The summed E-state index contributed by atoms with van der Waals surface area (Å²) in [5.41, 5.74) is 5.97. The van der Waals surface area contributed by atoms with Crippen molar-refractivity contribution in [3.05, 3.63) is 30.1 Å². The van der Waals surface area contributed by atoms with Crippen molar-refractivity contribution < 1.29 is 17.6 Å². The van der Waals surface area contributed by atoms with E-state index in [0.29, 0.717) is 6.54 Å². The van der Waals surface area contributed by atoms with Gasteiger partial charge in [-0.15, -0.1) is 0 Å². The number of piperidine rings is 1. The summed E-state index contributed by atoms with van der Waals surface area (Å²) in [6.07, 6.45) is 2.69. The second kappa shape index (κ2) is 7.61. The minimum absolute atomic E-state index is 0.0339. The Kier molecular flexibility index (Phi) is 5.98. The number of nitrogens with zero attached hydrogens (tertiary/aromatic N) is 1. The average Bonchev–Trinajstić information content (AvgIpc) is 2.55. The molecule has 7 heteroatoms. The first-order chi connectivity index (χ1) is 11.2. The molecule has 24 heavy (non-hydrogen) atoms. The van der Waals surface area contributed by atoms with Crippen molar-refractivity contribution in [2.45, 2.75) is 61.8 Å². The molecule has 5 nitrogen and oxygen atoms in total. The summed E-state index contributed by atoms with van der Waals surface area (Å²) in [5, 5.41) is -0.869. The van der Waals surface area contributed by atoms with Crippen molar-refractivity contribution >= 4 is 15.7 Å². The Balaban J connectivity index is 2.11. The van der Waals surface area contributed by atoms with Gasteiger partial charge in [0.15, 0.2) is 9.84 Å². The fourth-order valence-electron chi connectivity index (χ4n) is 3.14. The monoisotopic (exact) mass is 356 g/mol. The Hall–Kier alpha value is -1.47. The topological polar surface area (TPSA) is 80.5 Å². The molecule has 0 aliphatic carbocycles. The SMILES string of the molecule is CC(N)C1CCCCN1C(=O)CC(C)S(=O)(=O)c1ccc(F)cc1. The number of nitrogens with two attached hydrogens (primary N) is 1. The molecule has 2 N–H and O–H groups in total. The summed E-state index contributed by atoms with van der Waals surface area (Å²) in [6.45, 7) is 4.00. The summed E-state index contributed by atoms with van der Waals surface area (Å²) >= 11 is 0. The molecule has 1 aromatic carbocycles. The van der Waals surface area contributed by atoms with Gasteiger partial charge in [-0.25, -0.2) is 12.8 Å². The maximum atomic E-state index is 13.0. The van der Waals surface area contributed by atoms with Crippen LogP contribution in [0.2, 0.25) is 0 Å². The molecule has 1 fully saturated rings. The third-order valence-electron chi connectivity index (χ3n) is 4.61. The summed E-state index contributed by atoms with van der Waals surface area (Å²) in [6, 6.07) is 4.51. The summed E-state index contributed by atoms with van der Waals surface area (Å²) < 4.78 is 38.1. The molecule has 3 unspecified atom stereocenters. The van der Waals surface area contributed by atoms with Crippen molar-refractivity contribution in [2.24, 2.45) is 5.73 Å². The number of amides is 1. The van der Waals surface area contributed by atoms with Crippen molar-refractivity contribution in [3.63, 3.8) is 0 Å². The Morgan fingerprint density at radius 2 is 1.92 bits per heavy atom. The highest BCUT2D eigenvalue weighted by atomic mass is 32.2. The largest absolute Gasteiger partial charge is 0.338 e. The van der Waals surface area contributed by atoms with E-state index < -0.39 is 20.9 Å². The molecule has 0 radical (unpaired) electrons. The number of hydrogen-bond acceptors (Lipinski definition) is 4. The zero-order valence-electron chi connectivity index (χ0n) is 14.1. The van der Waals surface area contributed by atoms with Crippen LogP contribution in [-0.4, -0.2) is 43.1 Å². The van der Waals surface area contributed by atoms with Crippen LogP contribution >= 0.6 is 0 Å². The van der Waals surface area contributed by atoms with E-state index in [4.69, 9.17) is 5.73 Å². The van der Waals surface area contributed by atoms with Gasteiger partial charge in [-0.1, -0.05) is 0 Å². The lowest BCUT2D eigenvalue weighted by molar-refractivity contribution is -0.135. The maximum absolute atomic E-state index is 13.0. The van der Waals surface area contributed by atoms with E-state index in [-0.39, 0.29) is 29.3 Å². The molecule has 0 bridgehead atoms. The lowest BCUT2D eigenvalue weighted by Gasteiger charge is -2.38. The first kappa shape index (κ1) is 18.9. The molecule has 2 rings (SSSR count). The van der Waals surface area contributed by atoms with Gasteiger partial charge >= 0.3 is 0 Å². The highest BCUT2D eigenvalue weighted by Crippen LogP contribution is 2.23. The molecule has 1 saturated heterocycles. The number of benzene rings is 1. The van der Waals surface area contributed by atoms with E-state index in [1.807, 2.05) is 6.92 Å². The highest BCUT2D eigenvalue weighted by molar-refractivity contribution is 7.92. The zero-order valence-corrected chi connectivity index (χ0v) is 14.9. The minimum atomic E-state index is -3.67. The first-order valence-corrected chi connectivity index (χ1v) is 9.82. The van der Waals surface area contributed by atoms with Crippen LogP contribution in [0.5, 0.6) is 0 Å². The molecule has 134 valence electrons. The number of sulfone groups is 1. The Bertz CT molecular complexity index is 674. The van der Waals surface area contributed by atoms with E-state index >= 15 is 0 Å². The predicted octanol–water partition coefficient (Wildman–Crippen LogP) is 2.11. The third kappa shape index (κ3) is 4.13. The molecule has 0 saturated carbocycles. The maximum Gasteiger partial charge on any atom is 0.224 e. The van der Waals surface area contributed by atoms with E-state index in [1.54, 1.807) is 4.90 Å². The van der Waals surface area contributed by atoms with E-state index in [9.17, 15) is 17.6 Å². The molecule has 1 aliphatic rings. The highest BCUT2D eigenvalue weighted by Gasteiger charge is 2.32. The normalized spacial score (nSPS) is 21.3. The second-order valence-electron chi connectivity index (χ2n) is 6.52. The fourth-order valence-corrected chi connectivity index (χ4v) is 4.49. The molecule has 0 aromatic heterocycles. The molecule has 1 heterocycles. The predicted molar refractivity (Wildman–Crippen MR) is 90.7 cm³/mol. The van der Waals surface area contributed by atoms with Gasteiger partial charge in [0.25, 0.3) is 0 Å². The van der Waals surface area contributed by atoms with Gasteiger partial charge < -0.3 is 10.6 Å². The number of rotatable bonds is 5. The average molecular weight is 356 g/mol. The van der Waals surface area contributed by atoms with Crippen molar-refractivity contribution in [1.82, 2.24) is 4.90 Å². The third-order valence-corrected chi connectivity index (χ3v) is 6.77. The number of hydrogen-bond donors (Lipinski definition) is 1. The molecular weight excluding hydrogens is 331 g/mol. The van der Waals surface area contributed by atoms with Crippen LogP contribution in [-0.2, 0) is 14.6 Å². The molecule has 1 amide bonds. The van der Waals surface area contributed by atoms with Crippen molar-refractivity contribution in [2.75, 3.05) is 6.54 Å². The fraction of sp³-hybridized carbons (Fsp3) is 0.588. The van der Waals surface area contributed by atoms with E-state index in [2.05, 4.69) is 0 Å². The van der Waals surface area contributed by atoms with Gasteiger partial charge in [0.2, 0.25) is 5.91 Å².